The summed E-state index contributed by atoms with van der Waals surface area (Å²) < 4.78 is 28.0. The van der Waals surface area contributed by atoms with Crippen molar-refractivity contribution in [2.75, 3.05) is 39.5 Å². The number of alkyl carbamates (subject to hydrolysis) is 1. The van der Waals surface area contributed by atoms with Crippen LogP contribution in [0.25, 0.3) is 0 Å². The molecule has 2 aromatic rings. The van der Waals surface area contributed by atoms with Gasteiger partial charge >= 0.3 is 19.2 Å². The van der Waals surface area contributed by atoms with Gasteiger partial charge in [-0.25, -0.2) is 14.6 Å². The highest BCUT2D eigenvalue weighted by Gasteiger charge is 2.36. The van der Waals surface area contributed by atoms with Gasteiger partial charge < -0.3 is 49.5 Å². The fourth-order valence-electron chi connectivity index (χ4n) is 4.65. The number of nitrogens with one attached hydrogen (secondary N) is 3. The molecule has 2 heterocycles. The van der Waals surface area contributed by atoms with Gasteiger partial charge in [0.1, 0.15) is 18.3 Å². The molecule has 5 N–H and O–H groups in total. The van der Waals surface area contributed by atoms with Crippen molar-refractivity contribution in [1.29, 1.82) is 0 Å². The summed E-state index contributed by atoms with van der Waals surface area (Å²) in [7, 11) is -6.18. The first kappa shape index (κ1) is 37.5. The Bertz CT molecular complexity index is 1360. The van der Waals surface area contributed by atoms with Gasteiger partial charge in [0.25, 0.3) is 5.91 Å². The molecule has 0 bridgehead atoms. The summed E-state index contributed by atoms with van der Waals surface area (Å²) in [5.41, 5.74) is 0.912. The number of ether oxygens (including phenoxy) is 1. The average molecular weight is 677 g/mol. The predicted molar refractivity (Wildman–Crippen MR) is 165 cm³/mol. The van der Waals surface area contributed by atoms with E-state index < -0.39 is 56.4 Å². The lowest BCUT2D eigenvalue weighted by Crippen LogP contribution is -2.57. The zero-order valence-corrected chi connectivity index (χ0v) is 26.9. The molecule has 1 aromatic carbocycles. The molecule has 4 atom stereocenters. The Morgan fingerprint density at radius 3 is 2.34 bits per heavy atom. The second-order valence-corrected chi connectivity index (χ2v) is 12.7. The van der Waals surface area contributed by atoms with Crippen molar-refractivity contribution in [2.24, 2.45) is 5.92 Å². The molecule has 1 fully saturated rings. The standard InChI is InChI=1S/C28H40BN6O11P/c1-19(2)16-23(33-24(36)21(17-20-6-4-3-5-7-20)32-25(37)22-18-30-8-9-31-22)29-45-14-11-35(12-15-46-29)10-13-44-28(40)34-26(27(38)39)47(41,42)43/h3-9,18-19,21,23,26H,10-17H2,1-2H3,(H,32,37)(H,33,36)(H,34,40)(H,38,39)(H2,41,42,43)/p-1/t21-,23-,26?/m1/s1. The van der Waals surface area contributed by atoms with Crippen LogP contribution in [0.3, 0.4) is 0 Å². The fraction of sp³-hybridized carbons (Fsp3) is 0.500. The number of hydrogen-bond acceptors (Lipinski definition) is 12. The summed E-state index contributed by atoms with van der Waals surface area (Å²) in [6.45, 7) is 5.11. The fourth-order valence-corrected chi connectivity index (χ4v) is 5.20. The monoisotopic (exact) mass is 677 g/mol. The van der Waals surface area contributed by atoms with E-state index in [2.05, 4.69) is 20.6 Å². The van der Waals surface area contributed by atoms with Crippen LogP contribution in [0.5, 0.6) is 0 Å². The van der Waals surface area contributed by atoms with Gasteiger partial charge in [-0.3, -0.25) is 19.5 Å². The normalized spacial score (nSPS) is 17.3. The molecule has 256 valence electrons. The molecule has 1 aliphatic heterocycles. The van der Waals surface area contributed by atoms with Crippen molar-refractivity contribution in [2.45, 2.75) is 44.5 Å². The van der Waals surface area contributed by atoms with Crippen LogP contribution in [-0.2, 0) is 34.6 Å². The van der Waals surface area contributed by atoms with E-state index in [0.717, 1.165) is 5.56 Å². The van der Waals surface area contributed by atoms with Crippen molar-refractivity contribution < 1.29 is 52.7 Å². The molecule has 3 amide bonds. The average Bonchev–Trinajstić information content (AvgIpc) is 3.00. The zero-order valence-electron chi connectivity index (χ0n) is 26.0. The number of carboxylic acid groups (broad SMARTS) is 1. The smallest absolute Gasteiger partial charge is 0.480 e. The second kappa shape index (κ2) is 18.4. The van der Waals surface area contributed by atoms with Gasteiger partial charge in [-0.1, -0.05) is 44.2 Å². The van der Waals surface area contributed by atoms with Gasteiger partial charge in [-0.2, -0.15) is 0 Å². The van der Waals surface area contributed by atoms with Crippen molar-refractivity contribution in [1.82, 2.24) is 30.8 Å². The Labute approximate surface area is 272 Å². The number of benzene rings is 1. The third-order valence-corrected chi connectivity index (χ3v) is 7.92. The van der Waals surface area contributed by atoms with Crippen LogP contribution in [0.4, 0.5) is 4.79 Å². The van der Waals surface area contributed by atoms with E-state index in [-0.39, 0.29) is 44.4 Å². The summed E-state index contributed by atoms with van der Waals surface area (Å²) in [4.78, 5) is 79.3. The van der Waals surface area contributed by atoms with E-state index in [4.69, 9.17) is 24.0 Å². The third kappa shape index (κ3) is 13.0. The summed E-state index contributed by atoms with van der Waals surface area (Å²) in [6, 6.07) is 8.32. The Kier molecular flexibility index (Phi) is 14.7. The number of carboxylic acids is 1. The molecule has 0 radical (unpaired) electrons. The zero-order chi connectivity index (χ0) is 34.4. The van der Waals surface area contributed by atoms with Gasteiger partial charge in [0.05, 0.1) is 12.1 Å². The van der Waals surface area contributed by atoms with Gasteiger partial charge in [0, 0.05) is 51.7 Å². The minimum absolute atomic E-state index is 0.0715. The molecule has 0 spiro atoms. The number of aliphatic carboxylic acids is 1. The number of hydrogen-bond donors (Lipinski definition) is 5. The molecule has 1 saturated heterocycles. The topological polar surface area (TPSA) is 242 Å². The van der Waals surface area contributed by atoms with Crippen LogP contribution in [-0.4, -0.2) is 113 Å². The van der Waals surface area contributed by atoms with E-state index in [1.54, 1.807) is 5.32 Å². The summed E-state index contributed by atoms with van der Waals surface area (Å²) in [6.07, 6.45) is 3.55. The highest BCUT2D eigenvalue weighted by Crippen LogP contribution is 2.34. The predicted octanol–water partition coefficient (Wildman–Crippen LogP) is -0.593. The van der Waals surface area contributed by atoms with Crippen LogP contribution >= 0.6 is 7.60 Å². The number of rotatable bonds is 15. The van der Waals surface area contributed by atoms with Crippen molar-refractivity contribution in [3.63, 3.8) is 0 Å². The Balaban J connectivity index is 1.58. The first-order valence-electron chi connectivity index (χ1n) is 14.9. The number of carbonyl (C=O) groups is 4. The lowest BCUT2D eigenvalue weighted by molar-refractivity contribution is -0.197. The van der Waals surface area contributed by atoms with Crippen LogP contribution in [0.1, 0.15) is 36.3 Å². The lowest BCUT2D eigenvalue weighted by atomic mass is 9.73. The van der Waals surface area contributed by atoms with Crippen LogP contribution < -0.4 is 20.8 Å². The second-order valence-electron chi connectivity index (χ2n) is 11.1. The Morgan fingerprint density at radius 1 is 1.09 bits per heavy atom. The Hall–Kier alpha value is -3.93. The molecule has 0 saturated carbocycles. The minimum atomic E-state index is -5.38. The summed E-state index contributed by atoms with van der Waals surface area (Å²) >= 11 is 0. The number of nitrogens with zero attached hydrogens (tertiary/aromatic N) is 3. The minimum Gasteiger partial charge on any atom is -0.777 e. The number of amides is 3. The van der Waals surface area contributed by atoms with Crippen molar-refractivity contribution in [3.05, 3.63) is 60.2 Å². The molecule has 1 aromatic heterocycles. The molecular formula is C28H39BN6O11P-. The quantitative estimate of drug-likeness (QED) is 0.117. The number of aromatic nitrogens is 2. The van der Waals surface area contributed by atoms with E-state index in [0.29, 0.717) is 19.5 Å². The molecule has 2 unspecified atom stereocenters. The third-order valence-electron chi connectivity index (χ3n) is 6.92. The largest absolute Gasteiger partial charge is 0.777 e. The van der Waals surface area contributed by atoms with Crippen LogP contribution in [0, 0.1) is 5.92 Å². The van der Waals surface area contributed by atoms with Crippen molar-refractivity contribution >= 4 is 38.6 Å². The van der Waals surface area contributed by atoms with Gasteiger partial charge in [0.15, 0.2) is 13.4 Å². The maximum Gasteiger partial charge on any atom is 0.480 e. The van der Waals surface area contributed by atoms with Crippen LogP contribution in [0.15, 0.2) is 48.9 Å². The van der Waals surface area contributed by atoms with E-state index in [1.807, 2.05) is 49.1 Å². The molecule has 0 aliphatic carbocycles. The molecular weight excluding hydrogens is 638 g/mol. The molecule has 3 rings (SSSR count). The highest BCUT2D eigenvalue weighted by atomic mass is 31.2. The van der Waals surface area contributed by atoms with E-state index in [1.165, 1.54) is 18.6 Å². The maximum absolute atomic E-state index is 13.7. The van der Waals surface area contributed by atoms with Crippen LogP contribution in [0.2, 0.25) is 0 Å². The summed E-state index contributed by atoms with van der Waals surface area (Å²) in [5.74, 6) is -5.86. The van der Waals surface area contributed by atoms with E-state index >= 15 is 0 Å². The highest BCUT2D eigenvalue weighted by molar-refractivity contribution is 7.52. The van der Waals surface area contributed by atoms with E-state index in [9.17, 15) is 28.6 Å². The van der Waals surface area contributed by atoms with Crippen molar-refractivity contribution in [3.8, 4) is 0 Å². The first-order valence-corrected chi connectivity index (χ1v) is 16.5. The number of carbonyl (C=O) groups excluding carboxylic acids is 3. The molecule has 47 heavy (non-hydrogen) atoms. The molecule has 1 aliphatic rings. The van der Waals surface area contributed by atoms with Gasteiger partial charge in [-0.05, 0) is 17.9 Å². The SMILES string of the molecule is CC(C)C[C@@H](NC(=O)[C@@H](Cc1ccccc1)NC(=O)c1cnccn1)B1OCCN(CCOC(=O)NC(C(=O)O)P(=O)([O-])O)CCO1. The Morgan fingerprint density at radius 2 is 1.77 bits per heavy atom. The first-order chi connectivity index (χ1) is 22.3. The summed E-state index contributed by atoms with van der Waals surface area (Å²) in [5, 5.41) is 16.3. The molecule has 19 heteroatoms. The van der Waals surface area contributed by atoms with Gasteiger partial charge in [0.2, 0.25) is 5.91 Å². The van der Waals surface area contributed by atoms with Gasteiger partial charge in [-0.15, -0.1) is 0 Å². The lowest BCUT2D eigenvalue weighted by Gasteiger charge is -2.32. The maximum atomic E-state index is 13.7. The molecule has 17 nitrogen and oxygen atoms in total.